The van der Waals surface area contributed by atoms with E-state index < -0.39 is 5.91 Å². The van der Waals surface area contributed by atoms with Crippen molar-refractivity contribution in [1.82, 2.24) is 0 Å². The fraction of sp³-hybridized carbons (Fsp3) is 0.391. The van der Waals surface area contributed by atoms with Crippen LogP contribution < -0.4 is 25.3 Å². The average molecular weight is 415 g/mol. The van der Waals surface area contributed by atoms with Gasteiger partial charge in [0.2, 0.25) is 5.75 Å². The molecule has 1 atom stereocenters. The van der Waals surface area contributed by atoms with E-state index in [-0.39, 0.29) is 11.8 Å². The van der Waals surface area contributed by atoms with Gasteiger partial charge in [-0.25, -0.2) is 0 Å². The summed E-state index contributed by atoms with van der Waals surface area (Å²) in [6.07, 6.45) is 2.07. The van der Waals surface area contributed by atoms with Crippen LogP contribution in [-0.4, -0.2) is 39.1 Å². The van der Waals surface area contributed by atoms with E-state index in [4.69, 9.17) is 19.9 Å². The summed E-state index contributed by atoms with van der Waals surface area (Å²) in [6, 6.07) is 8.77. The Morgan fingerprint density at radius 2 is 1.63 bits per heavy atom. The van der Waals surface area contributed by atoms with Crippen LogP contribution in [0.2, 0.25) is 0 Å². The van der Waals surface area contributed by atoms with Crippen LogP contribution in [0, 0.1) is 0 Å². The Morgan fingerprint density at radius 3 is 2.10 bits per heavy atom. The van der Waals surface area contributed by atoms with Crippen LogP contribution in [0.3, 0.4) is 0 Å². The SMILES string of the molecule is CCCC(Nc1cc(Cc2cc(OC)c(OC)c(OC)c2)ccc1C(N)=O)C(C)=O. The number of primary amides is 1. The number of carbonyl (C=O) groups is 2. The number of ketones is 1. The molecular formula is C23H30N2O5. The monoisotopic (exact) mass is 414 g/mol. The molecule has 7 nitrogen and oxygen atoms in total. The van der Waals surface area contributed by atoms with E-state index in [1.54, 1.807) is 27.4 Å². The van der Waals surface area contributed by atoms with E-state index in [2.05, 4.69) is 5.32 Å². The fourth-order valence-electron chi connectivity index (χ4n) is 3.36. The number of methoxy groups -OCH3 is 3. The first kappa shape index (κ1) is 23.1. The molecule has 3 N–H and O–H groups in total. The van der Waals surface area contributed by atoms with Crippen molar-refractivity contribution in [1.29, 1.82) is 0 Å². The van der Waals surface area contributed by atoms with Gasteiger partial charge in [-0.3, -0.25) is 9.59 Å². The van der Waals surface area contributed by atoms with E-state index >= 15 is 0 Å². The predicted octanol–water partition coefficient (Wildman–Crippen LogP) is 3.57. The van der Waals surface area contributed by atoms with Crippen LogP contribution in [0.25, 0.3) is 0 Å². The molecule has 0 bridgehead atoms. The molecule has 0 aliphatic heterocycles. The minimum atomic E-state index is -0.546. The van der Waals surface area contributed by atoms with Gasteiger partial charge in [-0.15, -0.1) is 0 Å². The molecule has 7 heteroatoms. The molecule has 0 radical (unpaired) electrons. The van der Waals surface area contributed by atoms with E-state index in [1.807, 2.05) is 31.2 Å². The Kier molecular flexibility index (Phi) is 8.09. The molecule has 0 saturated heterocycles. The van der Waals surface area contributed by atoms with E-state index in [1.165, 1.54) is 6.92 Å². The number of hydrogen-bond acceptors (Lipinski definition) is 6. The highest BCUT2D eigenvalue weighted by Crippen LogP contribution is 2.38. The summed E-state index contributed by atoms with van der Waals surface area (Å²) in [5, 5.41) is 3.20. The molecule has 1 unspecified atom stereocenters. The van der Waals surface area contributed by atoms with Crippen molar-refractivity contribution in [3.05, 3.63) is 47.0 Å². The maximum atomic E-state index is 12.0. The standard InChI is InChI=1S/C23H30N2O5/c1-6-7-18(14(2)26)25-19-11-15(8-9-17(19)23(24)27)10-16-12-20(28-3)22(30-5)21(13-16)29-4/h8-9,11-13,18,25H,6-7,10H2,1-5H3,(H2,24,27). The number of Topliss-reactive ketones (excluding diaryl/α,β-unsaturated/α-hetero) is 1. The topological polar surface area (TPSA) is 99.9 Å². The minimum absolute atomic E-state index is 0.0160. The summed E-state index contributed by atoms with van der Waals surface area (Å²) in [5.41, 5.74) is 8.33. The van der Waals surface area contributed by atoms with Gasteiger partial charge in [0.1, 0.15) is 0 Å². The quantitative estimate of drug-likeness (QED) is 0.583. The second kappa shape index (κ2) is 10.5. The van der Waals surface area contributed by atoms with Gasteiger partial charge >= 0.3 is 0 Å². The maximum Gasteiger partial charge on any atom is 0.250 e. The summed E-state index contributed by atoms with van der Waals surface area (Å²) in [6.45, 7) is 3.55. The third-order valence-corrected chi connectivity index (χ3v) is 4.88. The first-order valence-electron chi connectivity index (χ1n) is 9.83. The average Bonchev–Trinajstić information content (AvgIpc) is 2.72. The molecule has 0 spiro atoms. The largest absolute Gasteiger partial charge is 0.493 e. The van der Waals surface area contributed by atoms with Gasteiger partial charge in [-0.05, 0) is 55.2 Å². The van der Waals surface area contributed by atoms with E-state index in [0.29, 0.717) is 41.3 Å². The van der Waals surface area contributed by atoms with Crippen molar-refractivity contribution >= 4 is 17.4 Å². The lowest BCUT2D eigenvalue weighted by atomic mass is 10.00. The molecule has 162 valence electrons. The highest BCUT2D eigenvalue weighted by Gasteiger charge is 2.18. The van der Waals surface area contributed by atoms with Crippen molar-refractivity contribution < 1.29 is 23.8 Å². The zero-order valence-corrected chi connectivity index (χ0v) is 18.2. The van der Waals surface area contributed by atoms with E-state index in [9.17, 15) is 9.59 Å². The lowest BCUT2D eigenvalue weighted by molar-refractivity contribution is -0.117. The molecule has 1 amide bonds. The van der Waals surface area contributed by atoms with Crippen molar-refractivity contribution in [3.63, 3.8) is 0 Å². The number of nitrogens with two attached hydrogens (primary N) is 1. The van der Waals surface area contributed by atoms with Crippen molar-refractivity contribution in [3.8, 4) is 17.2 Å². The minimum Gasteiger partial charge on any atom is -0.493 e. The highest BCUT2D eigenvalue weighted by molar-refractivity contribution is 5.99. The van der Waals surface area contributed by atoms with Gasteiger partial charge in [-0.1, -0.05) is 19.4 Å². The Bertz CT molecular complexity index is 885. The Labute approximate surface area is 177 Å². The normalized spacial score (nSPS) is 11.5. The smallest absolute Gasteiger partial charge is 0.250 e. The number of anilines is 1. The van der Waals surface area contributed by atoms with Crippen LogP contribution in [0.4, 0.5) is 5.69 Å². The number of carbonyl (C=O) groups excluding carboxylic acids is 2. The third-order valence-electron chi connectivity index (χ3n) is 4.88. The van der Waals surface area contributed by atoms with Crippen LogP contribution in [0.5, 0.6) is 17.2 Å². The number of nitrogens with one attached hydrogen (secondary N) is 1. The Balaban J connectivity index is 2.41. The van der Waals surface area contributed by atoms with Crippen molar-refractivity contribution in [2.75, 3.05) is 26.6 Å². The van der Waals surface area contributed by atoms with Crippen LogP contribution in [0.1, 0.15) is 48.2 Å². The van der Waals surface area contributed by atoms with Gasteiger partial charge in [0, 0.05) is 5.69 Å². The summed E-state index contributed by atoms with van der Waals surface area (Å²) >= 11 is 0. The van der Waals surface area contributed by atoms with E-state index in [0.717, 1.165) is 17.5 Å². The van der Waals surface area contributed by atoms with Gasteiger partial charge in [0.25, 0.3) is 5.91 Å². The number of hydrogen-bond donors (Lipinski definition) is 2. The predicted molar refractivity (Wildman–Crippen MR) is 117 cm³/mol. The number of rotatable bonds is 11. The highest BCUT2D eigenvalue weighted by atomic mass is 16.5. The molecule has 0 fully saturated rings. The summed E-state index contributed by atoms with van der Waals surface area (Å²) in [4.78, 5) is 23.9. The zero-order chi connectivity index (χ0) is 22.3. The first-order chi connectivity index (χ1) is 14.3. The zero-order valence-electron chi connectivity index (χ0n) is 18.2. The molecule has 2 aromatic carbocycles. The summed E-state index contributed by atoms with van der Waals surface area (Å²) < 4.78 is 16.2. The van der Waals surface area contributed by atoms with Gasteiger partial charge < -0.3 is 25.3 Å². The molecule has 2 rings (SSSR count). The second-order valence-electron chi connectivity index (χ2n) is 7.05. The van der Waals surface area contributed by atoms with Crippen molar-refractivity contribution in [2.45, 2.75) is 39.2 Å². The van der Waals surface area contributed by atoms with Gasteiger partial charge in [0.15, 0.2) is 17.3 Å². The van der Waals surface area contributed by atoms with Crippen LogP contribution >= 0.6 is 0 Å². The Morgan fingerprint density at radius 1 is 1.00 bits per heavy atom. The first-order valence-corrected chi connectivity index (χ1v) is 9.83. The van der Waals surface area contributed by atoms with Crippen molar-refractivity contribution in [2.24, 2.45) is 5.73 Å². The third kappa shape index (κ3) is 5.43. The lowest BCUT2D eigenvalue weighted by Crippen LogP contribution is -2.28. The molecule has 0 aliphatic carbocycles. The molecule has 2 aromatic rings. The van der Waals surface area contributed by atoms with Gasteiger partial charge in [-0.2, -0.15) is 0 Å². The fourth-order valence-corrected chi connectivity index (χ4v) is 3.36. The molecule has 30 heavy (non-hydrogen) atoms. The lowest BCUT2D eigenvalue weighted by Gasteiger charge is -2.19. The number of amides is 1. The molecule has 0 saturated carbocycles. The maximum absolute atomic E-state index is 12.0. The molecular weight excluding hydrogens is 384 g/mol. The van der Waals surface area contributed by atoms with Gasteiger partial charge in [0.05, 0.1) is 32.9 Å². The van der Waals surface area contributed by atoms with Crippen LogP contribution in [0.15, 0.2) is 30.3 Å². The molecule has 0 aliphatic rings. The van der Waals surface area contributed by atoms with Crippen LogP contribution in [-0.2, 0) is 11.2 Å². The summed E-state index contributed by atoms with van der Waals surface area (Å²) in [5.74, 6) is 1.13. The number of ether oxygens (including phenoxy) is 3. The Hall–Kier alpha value is -3.22. The molecule has 0 heterocycles. The summed E-state index contributed by atoms with van der Waals surface area (Å²) in [7, 11) is 4.70. The second-order valence-corrected chi connectivity index (χ2v) is 7.05. The number of benzene rings is 2. The molecule has 0 aromatic heterocycles.